The molecule has 2 fully saturated rings. The number of sulfone groups is 1. The van der Waals surface area contributed by atoms with Gasteiger partial charge >= 0.3 is 0 Å². The zero-order chi connectivity index (χ0) is 21.6. The fourth-order valence-electron chi connectivity index (χ4n) is 4.40. The first-order chi connectivity index (χ1) is 14.2. The number of anilines is 1. The highest BCUT2D eigenvalue weighted by atomic mass is 35.5. The van der Waals surface area contributed by atoms with Crippen LogP contribution in [0.1, 0.15) is 34.2 Å². The van der Waals surface area contributed by atoms with Gasteiger partial charge in [-0.3, -0.25) is 9.48 Å². The number of hydrogen-bond acceptors (Lipinski definition) is 5. The lowest BCUT2D eigenvalue weighted by atomic mass is 10.1. The number of aryl methyl sites for hydroxylation is 1. The van der Waals surface area contributed by atoms with Gasteiger partial charge in [-0.05, 0) is 38.5 Å². The molecule has 0 spiro atoms. The standard InChI is InChI=1S/C20H24Cl2N4O3S/c1-13-19(14(2)26(23-13)16-5-10-30(28,29)12-16)24-6-8-25(9-7-24)20(27)17-11-15(21)3-4-18(17)22/h3-4,11,16H,5-10,12H2,1-2H3. The van der Waals surface area contributed by atoms with Crippen LogP contribution in [-0.2, 0) is 9.84 Å². The zero-order valence-electron chi connectivity index (χ0n) is 16.9. The normalized spacial score (nSPS) is 21.3. The van der Waals surface area contributed by atoms with Crippen LogP contribution < -0.4 is 4.90 Å². The summed E-state index contributed by atoms with van der Waals surface area (Å²) in [6.07, 6.45) is 0.604. The van der Waals surface area contributed by atoms with E-state index in [-0.39, 0.29) is 23.5 Å². The molecule has 7 nitrogen and oxygen atoms in total. The molecule has 2 saturated heterocycles. The molecule has 0 N–H and O–H groups in total. The maximum atomic E-state index is 12.9. The lowest BCUT2D eigenvalue weighted by Crippen LogP contribution is -2.49. The number of hydrogen-bond donors (Lipinski definition) is 0. The summed E-state index contributed by atoms with van der Waals surface area (Å²) in [5, 5.41) is 5.53. The smallest absolute Gasteiger partial charge is 0.255 e. The van der Waals surface area contributed by atoms with Crippen LogP contribution >= 0.6 is 23.2 Å². The average molecular weight is 471 g/mol. The predicted octanol–water partition coefficient (Wildman–Crippen LogP) is 3.13. The molecule has 2 aromatic rings. The van der Waals surface area contributed by atoms with E-state index in [0.717, 1.165) is 17.1 Å². The van der Waals surface area contributed by atoms with Crippen molar-refractivity contribution >= 4 is 44.6 Å². The van der Waals surface area contributed by atoms with Gasteiger partial charge in [-0.2, -0.15) is 5.10 Å². The maximum absolute atomic E-state index is 12.9. The maximum Gasteiger partial charge on any atom is 0.255 e. The second-order valence-electron chi connectivity index (χ2n) is 7.92. The molecule has 0 saturated carbocycles. The third kappa shape index (κ3) is 4.05. The number of carbonyl (C=O) groups excluding carboxylic acids is 1. The molecule has 1 unspecified atom stereocenters. The Kier molecular flexibility index (Phi) is 5.76. The first kappa shape index (κ1) is 21.5. The van der Waals surface area contributed by atoms with Crippen molar-refractivity contribution in [2.24, 2.45) is 0 Å². The van der Waals surface area contributed by atoms with E-state index in [1.54, 1.807) is 23.1 Å². The van der Waals surface area contributed by atoms with Crippen LogP contribution in [-0.4, -0.2) is 66.7 Å². The molecular weight excluding hydrogens is 447 g/mol. The lowest BCUT2D eigenvalue weighted by Gasteiger charge is -2.36. The third-order valence-electron chi connectivity index (χ3n) is 5.88. The Morgan fingerprint density at radius 3 is 2.47 bits per heavy atom. The van der Waals surface area contributed by atoms with Gasteiger partial charge in [-0.25, -0.2) is 8.42 Å². The summed E-state index contributed by atoms with van der Waals surface area (Å²) in [6, 6.07) is 4.80. The number of piperazine rings is 1. The highest BCUT2D eigenvalue weighted by Gasteiger charge is 2.33. The van der Waals surface area contributed by atoms with Gasteiger partial charge in [0.25, 0.3) is 5.91 Å². The van der Waals surface area contributed by atoms with Crippen LogP contribution in [0.3, 0.4) is 0 Å². The number of benzene rings is 1. The molecule has 1 aromatic heterocycles. The summed E-state index contributed by atoms with van der Waals surface area (Å²) in [5.41, 5.74) is 3.31. The van der Waals surface area contributed by atoms with E-state index in [1.807, 2.05) is 18.5 Å². The molecule has 1 atom stereocenters. The predicted molar refractivity (Wildman–Crippen MR) is 119 cm³/mol. The largest absolute Gasteiger partial charge is 0.365 e. The van der Waals surface area contributed by atoms with E-state index in [2.05, 4.69) is 10.00 Å². The number of amides is 1. The van der Waals surface area contributed by atoms with E-state index in [1.165, 1.54) is 0 Å². The molecule has 2 aliphatic rings. The highest BCUT2D eigenvalue weighted by Crippen LogP contribution is 2.32. The van der Waals surface area contributed by atoms with Crippen LogP contribution in [0.4, 0.5) is 5.69 Å². The monoisotopic (exact) mass is 470 g/mol. The zero-order valence-corrected chi connectivity index (χ0v) is 19.3. The van der Waals surface area contributed by atoms with Crippen molar-refractivity contribution in [1.29, 1.82) is 0 Å². The van der Waals surface area contributed by atoms with Crippen LogP contribution in [0.15, 0.2) is 18.2 Å². The number of rotatable bonds is 3. The Labute approximate surface area is 186 Å². The Hall–Kier alpha value is -1.77. The molecular formula is C20H24Cl2N4O3S. The Balaban J connectivity index is 1.48. The lowest BCUT2D eigenvalue weighted by molar-refractivity contribution is 0.0747. The van der Waals surface area contributed by atoms with Crippen molar-refractivity contribution in [3.05, 3.63) is 45.2 Å². The summed E-state index contributed by atoms with van der Waals surface area (Å²) < 4.78 is 25.6. The minimum atomic E-state index is -2.98. The summed E-state index contributed by atoms with van der Waals surface area (Å²) in [5.74, 6) is 0.248. The number of halogens is 2. The number of nitrogens with zero attached hydrogens (tertiary/aromatic N) is 4. The molecule has 0 aliphatic carbocycles. The van der Waals surface area contributed by atoms with Gasteiger partial charge in [0, 0.05) is 31.2 Å². The van der Waals surface area contributed by atoms with Crippen LogP contribution in [0.5, 0.6) is 0 Å². The number of aromatic nitrogens is 2. The second-order valence-corrected chi connectivity index (χ2v) is 11.0. The van der Waals surface area contributed by atoms with Crippen molar-refractivity contribution in [3.63, 3.8) is 0 Å². The molecule has 162 valence electrons. The summed E-state index contributed by atoms with van der Waals surface area (Å²) in [6.45, 7) is 6.39. The van der Waals surface area contributed by atoms with Gasteiger partial charge in [0.2, 0.25) is 0 Å². The Bertz CT molecular complexity index is 1090. The SMILES string of the molecule is Cc1nn(C2CCS(=O)(=O)C2)c(C)c1N1CCN(C(=O)c2cc(Cl)ccc2Cl)CC1. The van der Waals surface area contributed by atoms with Gasteiger partial charge in [0.1, 0.15) is 0 Å². The van der Waals surface area contributed by atoms with E-state index in [0.29, 0.717) is 48.2 Å². The van der Waals surface area contributed by atoms with Gasteiger partial charge in [-0.1, -0.05) is 23.2 Å². The molecule has 1 aromatic carbocycles. The summed E-state index contributed by atoms with van der Waals surface area (Å²) in [4.78, 5) is 16.9. The van der Waals surface area contributed by atoms with Crippen molar-refractivity contribution in [2.75, 3.05) is 42.6 Å². The van der Waals surface area contributed by atoms with E-state index in [4.69, 9.17) is 23.2 Å². The van der Waals surface area contributed by atoms with Gasteiger partial charge < -0.3 is 9.80 Å². The fraction of sp³-hybridized carbons (Fsp3) is 0.500. The first-order valence-corrected chi connectivity index (χ1v) is 12.5. The fourth-order valence-corrected chi connectivity index (χ4v) is 6.46. The van der Waals surface area contributed by atoms with Crippen molar-refractivity contribution in [1.82, 2.24) is 14.7 Å². The van der Waals surface area contributed by atoms with Crippen molar-refractivity contribution in [2.45, 2.75) is 26.3 Å². The highest BCUT2D eigenvalue weighted by molar-refractivity contribution is 7.91. The minimum absolute atomic E-state index is 0.102. The summed E-state index contributed by atoms with van der Waals surface area (Å²) >= 11 is 12.2. The van der Waals surface area contributed by atoms with Crippen molar-refractivity contribution in [3.8, 4) is 0 Å². The van der Waals surface area contributed by atoms with Gasteiger partial charge in [0.15, 0.2) is 9.84 Å². The minimum Gasteiger partial charge on any atom is -0.365 e. The van der Waals surface area contributed by atoms with E-state index >= 15 is 0 Å². The van der Waals surface area contributed by atoms with Gasteiger partial charge in [0.05, 0.1) is 45.2 Å². The van der Waals surface area contributed by atoms with Crippen molar-refractivity contribution < 1.29 is 13.2 Å². The average Bonchev–Trinajstić information content (AvgIpc) is 3.21. The third-order valence-corrected chi connectivity index (χ3v) is 8.20. The first-order valence-electron chi connectivity index (χ1n) is 9.91. The molecule has 4 rings (SSSR count). The second kappa shape index (κ2) is 8.05. The quantitative estimate of drug-likeness (QED) is 0.688. The Morgan fingerprint density at radius 1 is 1.13 bits per heavy atom. The van der Waals surface area contributed by atoms with Crippen LogP contribution in [0.2, 0.25) is 10.0 Å². The molecule has 2 aliphatic heterocycles. The molecule has 30 heavy (non-hydrogen) atoms. The molecule has 0 radical (unpaired) electrons. The summed E-state index contributed by atoms with van der Waals surface area (Å²) in [7, 11) is -2.98. The molecule has 1 amide bonds. The van der Waals surface area contributed by atoms with Crippen LogP contribution in [0.25, 0.3) is 0 Å². The molecule has 3 heterocycles. The molecule has 10 heteroatoms. The topological polar surface area (TPSA) is 75.5 Å². The van der Waals surface area contributed by atoms with E-state index < -0.39 is 9.84 Å². The number of carbonyl (C=O) groups is 1. The molecule has 0 bridgehead atoms. The van der Waals surface area contributed by atoms with E-state index in [9.17, 15) is 13.2 Å². The van der Waals surface area contributed by atoms with Crippen LogP contribution in [0, 0.1) is 13.8 Å². The van der Waals surface area contributed by atoms with Gasteiger partial charge in [-0.15, -0.1) is 0 Å². The Morgan fingerprint density at radius 2 is 1.83 bits per heavy atom.